The number of esters is 1. The van der Waals surface area contributed by atoms with Gasteiger partial charge in [0.05, 0.1) is 4.92 Å². The molecule has 0 aliphatic heterocycles. The second kappa shape index (κ2) is 10.0. The Morgan fingerprint density at radius 2 is 1.96 bits per heavy atom. The summed E-state index contributed by atoms with van der Waals surface area (Å²) in [4.78, 5) is 46.2. The number of nitro benzene ring substituents is 1. The first-order chi connectivity index (χ1) is 13.3. The van der Waals surface area contributed by atoms with Crippen LogP contribution in [0.25, 0.3) is 0 Å². The maximum Gasteiger partial charge on any atom is 0.326 e. The zero-order valence-corrected chi connectivity index (χ0v) is 16.2. The highest BCUT2D eigenvalue weighted by atomic mass is 35.5. The van der Waals surface area contributed by atoms with Gasteiger partial charge in [0.25, 0.3) is 17.5 Å². The molecule has 1 aromatic carbocycles. The van der Waals surface area contributed by atoms with Crippen molar-refractivity contribution < 1.29 is 24.0 Å². The SMILES string of the molecule is CC(OC(=O)CNC(=O)c1ccc(Cl)c([N+](=O)[O-])c1)C(=O)NC1CCCCC1. The van der Waals surface area contributed by atoms with Crippen molar-refractivity contribution in [1.29, 1.82) is 0 Å². The molecule has 0 spiro atoms. The Bertz CT molecular complexity index is 764. The summed E-state index contributed by atoms with van der Waals surface area (Å²) in [5, 5.41) is 15.9. The highest BCUT2D eigenvalue weighted by Crippen LogP contribution is 2.25. The third-order valence-electron chi connectivity index (χ3n) is 4.43. The summed E-state index contributed by atoms with van der Waals surface area (Å²) in [6.07, 6.45) is 4.13. The maximum absolute atomic E-state index is 12.1. The first kappa shape index (κ1) is 21.6. The molecule has 0 saturated heterocycles. The highest BCUT2D eigenvalue weighted by molar-refractivity contribution is 6.32. The summed E-state index contributed by atoms with van der Waals surface area (Å²) >= 11 is 5.69. The van der Waals surface area contributed by atoms with Gasteiger partial charge in [0.15, 0.2) is 6.10 Å². The van der Waals surface area contributed by atoms with Gasteiger partial charge in [-0.1, -0.05) is 30.9 Å². The van der Waals surface area contributed by atoms with Gasteiger partial charge in [-0.2, -0.15) is 0 Å². The monoisotopic (exact) mass is 411 g/mol. The minimum Gasteiger partial charge on any atom is -0.451 e. The van der Waals surface area contributed by atoms with Crippen LogP contribution < -0.4 is 10.6 Å². The zero-order valence-electron chi connectivity index (χ0n) is 15.4. The average Bonchev–Trinajstić information content (AvgIpc) is 2.67. The fourth-order valence-electron chi connectivity index (χ4n) is 2.91. The number of nitrogens with one attached hydrogen (secondary N) is 2. The molecule has 0 bridgehead atoms. The van der Waals surface area contributed by atoms with E-state index in [-0.39, 0.29) is 22.5 Å². The highest BCUT2D eigenvalue weighted by Gasteiger charge is 2.23. The van der Waals surface area contributed by atoms with Crippen LogP contribution in [-0.2, 0) is 14.3 Å². The largest absolute Gasteiger partial charge is 0.451 e. The van der Waals surface area contributed by atoms with Crippen LogP contribution in [0.5, 0.6) is 0 Å². The molecule has 1 fully saturated rings. The van der Waals surface area contributed by atoms with E-state index in [9.17, 15) is 24.5 Å². The molecular formula is C18H22ClN3O6. The van der Waals surface area contributed by atoms with Crippen molar-refractivity contribution in [1.82, 2.24) is 10.6 Å². The Kier molecular flexibility index (Phi) is 7.74. The number of carbonyl (C=O) groups excluding carboxylic acids is 3. The van der Waals surface area contributed by atoms with Gasteiger partial charge in [0, 0.05) is 17.7 Å². The van der Waals surface area contributed by atoms with Crippen molar-refractivity contribution in [2.24, 2.45) is 0 Å². The predicted octanol–water partition coefficient (Wildman–Crippen LogP) is 2.36. The Morgan fingerprint density at radius 1 is 1.29 bits per heavy atom. The van der Waals surface area contributed by atoms with Crippen LogP contribution in [0.1, 0.15) is 49.4 Å². The van der Waals surface area contributed by atoms with Crippen LogP contribution in [0.3, 0.4) is 0 Å². The number of nitro groups is 1. The predicted molar refractivity (Wildman–Crippen MR) is 101 cm³/mol. The van der Waals surface area contributed by atoms with Crippen molar-refractivity contribution in [3.8, 4) is 0 Å². The van der Waals surface area contributed by atoms with Crippen molar-refractivity contribution >= 4 is 35.1 Å². The third-order valence-corrected chi connectivity index (χ3v) is 4.75. The zero-order chi connectivity index (χ0) is 20.7. The minimum atomic E-state index is -0.983. The van der Waals surface area contributed by atoms with Gasteiger partial charge in [-0.3, -0.25) is 24.5 Å². The van der Waals surface area contributed by atoms with Gasteiger partial charge in [-0.15, -0.1) is 0 Å². The standard InChI is InChI=1S/C18H22ClN3O6/c1-11(17(24)21-13-5-3-2-4-6-13)28-16(23)10-20-18(25)12-7-8-14(19)15(9-12)22(26)27/h7-9,11,13H,2-6,10H2,1H3,(H,20,25)(H,21,24). The second-order valence-corrected chi connectivity index (χ2v) is 6.99. The number of ether oxygens (including phenoxy) is 1. The molecule has 9 nitrogen and oxygen atoms in total. The normalized spacial score (nSPS) is 15.4. The lowest BCUT2D eigenvalue weighted by atomic mass is 9.95. The van der Waals surface area contributed by atoms with E-state index in [1.54, 1.807) is 0 Å². The fourth-order valence-corrected chi connectivity index (χ4v) is 3.09. The van der Waals surface area contributed by atoms with E-state index in [2.05, 4.69) is 10.6 Å². The van der Waals surface area contributed by atoms with E-state index in [1.807, 2.05) is 0 Å². The maximum atomic E-state index is 12.1. The number of carbonyl (C=O) groups is 3. The molecule has 2 N–H and O–H groups in total. The molecule has 1 aromatic rings. The molecule has 1 atom stereocenters. The van der Waals surface area contributed by atoms with Crippen LogP contribution in [0.4, 0.5) is 5.69 Å². The average molecular weight is 412 g/mol. The smallest absolute Gasteiger partial charge is 0.326 e. The van der Waals surface area contributed by atoms with Gasteiger partial charge in [0.1, 0.15) is 11.6 Å². The number of hydrogen-bond acceptors (Lipinski definition) is 6. The van der Waals surface area contributed by atoms with Crippen LogP contribution in [0, 0.1) is 10.1 Å². The lowest BCUT2D eigenvalue weighted by molar-refractivity contribution is -0.384. The summed E-state index contributed by atoms with van der Waals surface area (Å²) < 4.78 is 5.03. The first-order valence-electron chi connectivity index (χ1n) is 9.00. The summed E-state index contributed by atoms with van der Waals surface area (Å²) in [6, 6.07) is 3.65. The second-order valence-electron chi connectivity index (χ2n) is 6.58. The molecule has 0 heterocycles. The molecule has 0 aromatic heterocycles. The number of amides is 2. The Hall–Kier alpha value is -2.68. The van der Waals surface area contributed by atoms with Crippen molar-refractivity contribution in [3.63, 3.8) is 0 Å². The van der Waals surface area contributed by atoms with Crippen LogP contribution in [0.15, 0.2) is 18.2 Å². The van der Waals surface area contributed by atoms with E-state index >= 15 is 0 Å². The van der Waals surface area contributed by atoms with Gasteiger partial charge >= 0.3 is 5.97 Å². The molecule has 2 amide bonds. The topological polar surface area (TPSA) is 128 Å². The molecular weight excluding hydrogens is 390 g/mol. The lowest BCUT2D eigenvalue weighted by Gasteiger charge is -2.24. The van der Waals surface area contributed by atoms with E-state index < -0.39 is 35.1 Å². The fraction of sp³-hybridized carbons (Fsp3) is 0.500. The van der Waals surface area contributed by atoms with Crippen molar-refractivity contribution in [2.75, 3.05) is 6.54 Å². The molecule has 0 radical (unpaired) electrons. The van der Waals surface area contributed by atoms with E-state index in [1.165, 1.54) is 19.1 Å². The first-order valence-corrected chi connectivity index (χ1v) is 9.37. The lowest BCUT2D eigenvalue weighted by Crippen LogP contribution is -2.43. The van der Waals surface area contributed by atoms with Gasteiger partial charge in [-0.05, 0) is 31.9 Å². The Balaban J connectivity index is 1.81. The van der Waals surface area contributed by atoms with E-state index in [0.29, 0.717) is 0 Å². The van der Waals surface area contributed by atoms with Gasteiger partial charge in [0.2, 0.25) is 0 Å². The Labute approximate surface area is 166 Å². The van der Waals surface area contributed by atoms with Crippen molar-refractivity contribution in [2.45, 2.75) is 51.2 Å². The van der Waals surface area contributed by atoms with E-state index in [0.717, 1.165) is 38.2 Å². The summed E-state index contributed by atoms with van der Waals surface area (Å²) in [6.45, 7) is 0.983. The number of nitrogens with zero attached hydrogens (tertiary/aromatic N) is 1. The minimum absolute atomic E-state index is 0.0213. The number of hydrogen-bond donors (Lipinski definition) is 2. The summed E-state index contributed by atoms with van der Waals surface area (Å²) in [5.41, 5.74) is -0.433. The van der Waals surface area contributed by atoms with Gasteiger partial charge < -0.3 is 15.4 Å². The molecule has 10 heteroatoms. The molecule has 2 rings (SSSR count). The number of benzene rings is 1. The molecule has 1 saturated carbocycles. The molecule has 1 unspecified atom stereocenters. The van der Waals surface area contributed by atoms with E-state index in [4.69, 9.17) is 16.3 Å². The molecule has 1 aliphatic carbocycles. The third kappa shape index (κ3) is 6.19. The van der Waals surface area contributed by atoms with Crippen LogP contribution in [0.2, 0.25) is 5.02 Å². The number of halogens is 1. The number of rotatable bonds is 7. The Morgan fingerprint density at radius 3 is 2.61 bits per heavy atom. The van der Waals surface area contributed by atoms with Crippen molar-refractivity contribution in [3.05, 3.63) is 38.9 Å². The quantitative estimate of drug-likeness (QED) is 0.402. The summed E-state index contributed by atoms with van der Waals surface area (Å²) in [5.74, 6) is -1.86. The summed E-state index contributed by atoms with van der Waals surface area (Å²) in [7, 11) is 0. The molecule has 1 aliphatic rings. The van der Waals surface area contributed by atoms with Crippen LogP contribution >= 0.6 is 11.6 Å². The molecule has 28 heavy (non-hydrogen) atoms. The van der Waals surface area contributed by atoms with Gasteiger partial charge in [-0.25, -0.2) is 0 Å². The van der Waals surface area contributed by atoms with Crippen LogP contribution in [-0.4, -0.2) is 41.4 Å². The molecule has 152 valence electrons.